The lowest BCUT2D eigenvalue weighted by Crippen LogP contribution is -2.31. The predicted molar refractivity (Wildman–Crippen MR) is 204 cm³/mol. The maximum atomic E-state index is 13.3. The molecule has 0 aliphatic carbocycles. The molecule has 51 heavy (non-hydrogen) atoms. The molecule has 1 unspecified atom stereocenters. The lowest BCUT2D eigenvalue weighted by atomic mass is 10.00. The Balaban J connectivity index is 1.22. The van der Waals surface area contributed by atoms with Crippen LogP contribution in [0.2, 0.25) is 0 Å². The van der Waals surface area contributed by atoms with Crippen LogP contribution < -0.4 is 19.7 Å². The average molecular weight is 730 g/mol. The Kier molecular flexibility index (Phi) is 12.8. The summed E-state index contributed by atoms with van der Waals surface area (Å²) < 4.78 is 34.1. The number of methoxy groups -OCH3 is 1. The number of nitrogens with zero attached hydrogens (tertiary/aromatic N) is 3. The van der Waals surface area contributed by atoms with Gasteiger partial charge in [0.15, 0.2) is 0 Å². The highest BCUT2D eigenvalue weighted by Crippen LogP contribution is 2.31. The number of anilines is 2. The van der Waals surface area contributed by atoms with Crippen molar-refractivity contribution in [1.82, 2.24) is 9.62 Å². The number of carbonyl (C=O) groups is 1. The van der Waals surface area contributed by atoms with E-state index >= 15 is 0 Å². The summed E-state index contributed by atoms with van der Waals surface area (Å²) in [5.74, 6) is 0.655. The summed E-state index contributed by atoms with van der Waals surface area (Å²) in [5, 5.41) is 15.4. The minimum Gasteiger partial charge on any atom is -0.496 e. The number of para-hydroxylation sites is 1. The number of benzene rings is 4. The Morgan fingerprint density at radius 1 is 1.00 bits per heavy atom. The average Bonchev–Trinajstić information content (AvgIpc) is 3.13. The lowest BCUT2D eigenvalue weighted by Gasteiger charge is -2.30. The van der Waals surface area contributed by atoms with Gasteiger partial charge in [0.2, 0.25) is 0 Å². The summed E-state index contributed by atoms with van der Waals surface area (Å²) in [6, 6.07) is 28.0. The van der Waals surface area contributed by atoms with Crippen molar-refractivity contribution < 1.29 is 22.9 Å². The van der Waals surface area contributed by atoms with Gasteiger partial charge >= 0.3 is 0 Å². The van der Waals surface area contributed by atoms with Crippen LogP contribution >= 0.6 is 11.8 Å². The van der Waals surface area contributed by atoms with Crippen molar-refractivity contribution in [3.63, 3.8) is 0 Å². The summed E-state index contributed by atoms with van der Waals surface area (Å²) in [7, 11) is 1.17. The van der Waals surface area contributed by atoms with E-state index in [1.165, 1.54) is 17.7 Å². The van der Waals surface area contributed by atoms with Crippen LogP contribution in [0.25, 0.3) is 6.08 Å². The molecule has 1 heterocycles. The van der Waals surface area contributed by atoms with Crippen molar-refractivity contribution in [2.45, 2.75) is 35.1 Å². The molecular weight excluding hydrogens is 687 g/mol. The summed E-state index contributed by atoms with van der Waals surface area (Å²) in [6.07, 6.45) is 4.64. The van der Waals surface area contributed by atoms with Crippen molar-refractivity contribution in [2.75, 3.05) is 56.8 Å². The minimum atomic E-state index is -4.41. The second kappa shape index (κ2) is 17.4. The van der Waals surface area contributed by atoms with Crippen LogP contribution in [0.5, 0.6) is 5.75 Å². The first-order chi connectivity index (χ1) is 24.5. The Bertz CT molecular complexity index is 1940. The first-order valence-electron chi connectivity index (χ1n) is 16.6. The van der Waals surface area contributed by atoms with Crippen LogP contribution in [0.4, 0.5) is 17.1 Å². The quantitative estimate of drug-likeness (QED) is 0.0754. The number of nitrogens with one attached hydrogen (secondary N) is 2. The van der Waals surface area contributed by atoms with Crippen LogP contribution in [-0.2, 0) is 10.0 Å². The number of amides is 1. The SMILES string of the molecule is COc1ccccc1C=C1CCN(c2ccc(C(=O)NS(=O)(=O)c3ccc(NC(CCN(C)C)CSc4ccccc4)c([N+](=O)[O-])c3)cc2)CC1. The fourth-order valence-electron chi connectivity index (χ4n) is 5.76. The maximum absolute atomic E-state index is 13.3. The van der Waals surface area contributed by atoms with E-state index in [0.717, 1.165) is 60.4 Å². The van der Waals surface area contributed by atoms with Crippen molar-refractivity contribution in [1.29, 1.82) is 0 Å². The van der Waals surface area contributed by atoms with Crippen molar-refractivity contribution in [3.05, 3.63) is 124 Å². The molecule has 4 aromatic carbocycles. The fraction of sp³-hybridized carbons (Fsp3) is 0.289. The first kappa shape index (κ1) is 37.4. The molecular formula is C38H43N5O6S2. The molecule has 1 aliphatic rings. The molecule has 1 atom stereocenters. The van der Waals surface area contributed by atoms with Crippen molar-refractivity contribution in [3.8, 4) is 5.75 Å². The van der Waals surface area contributed by atoms with Gasteiger partial charge in [0.1, 0.15) is 11.4 Å². The van der Waals surface area contributed by atoms with Crippen LogP contribution in [0, 0.1) is 10.1 Å². The van der Waals surface area contributed by atoms with E-state index in [4.69, 9.17) is 4.74 Å². The number of rotatable bonds is 15. The number of ether oxygens (including phenoxy) is 1. The van der Waals surface area contributed by atoms with Gasteiger partial charge in [-0.05, 0) is 94.5 Å². The molecule has 0 saturated carbocycles. The molecule has 2 N–H and O–H groups in total. The van der Waals surface area contributed by atoms with Gasteiger partial charge in [0, 0.05) is 52.7 Å². The van der Waals surface area contributed by atoms with Crippen molar-refractivity contribution >= 4 is 50.8 Å². The summed E-state index contributed by atoms with van der Waals surface area (Å²) in [5.41, 5.74) is 3.27. The third-order valence-corrected chi connectivity index (χ3v) is 11.1. The molecule has 1 saturated heterocycles. The Morgan fingerprint density at radius 3 is 2.35 bits per heavy atom. The molecule has 0 radical (unpaired) electrons. The highest BCUT2D eigenvalue weighted by Gasteiger charge is 2.25. The monoisotopic (exact) mass is 729 g/mol. The normalized spacial score (nSPS) is 13.8. The van der Waals surface area contributed by atoms with Gasteiger partial charge in [-0.2, -0.15) is 0 Å². The third kappa shape index (κ3) is 10.3. The van der Waals surface area contributed by atoms with Gasteiger partial charge in [0.25, 0.3) is 21.6 Å². The number of hydrogen-bond donors (Lipinski definition) is 2. The van der Waals surface area contributed by atoms with E-state index in [9.17, 15) is 23.3 Å². The number of piperidine rings is 1. The number of hydrogen-bond acceptors (Lipinski definition) is 10. The van der Waals surface area contributed by atoms with Gasteiger partial charge < -0.3 is 19.9 Å². The fourth-order valence-corrected chi connectivity index (χ4v) is 7.75. The summed E-state index contributed by atoms with van der Waals surface area (Å²) >= 11 is 1.63. The lowest BCUT2D eigenvalue weighted by molar-refractivity contribution is -0.384. The van der Waals surface area contributed by atoms with Gasteiger partial charge in [-0.1, -0.05) is 48.0 Å². The molecule has 0 spiro atoms. The standard InChI is InChI=1S/C38H43N5O6S2/c1-41(2)22-21-31(27-50-33-10-5-4-6-11-33)39-35-18-17-34(26-36(35)43(45)46)51(47,48)40-38(44)29-13-15-32(16-14-29)42-23-19-28(20-24-42)25-30-9-7-8-12-37(30)49-3/h4-18,25-26,31,39H,19-24,27H2,1-3H3,(H,40,44). The smallest absolute Gasteiger partial charge is 0.293 e. The molecule has 5 rings (SSSR count). The van der Waals surface area contributed by atoms with Crippen LogP contribution in [0.1, 0.15) is 35.2 Å². The Morgan fingerprint density at radius 2 is 1.69 bits per heavy atom. The van der Waals surface area contributed by atoms with E-state index in [0.29, 0.717) is 12.2 Å². The van der Waals surface area contributed by atoms with Gasteiger partial charge in [-0.15, -0.1) is 11.8 Å². The van der Waals surface area contributed by atoms with Crippen LogP contribution in [0.15, 0.2) is 112 Å². The van der Waals surface area contributed by atoms with Crippen LogP contribution in [0.3, 0.4) is 0 Å². The second-order valence-electron chi connectivity index (χ2n) is 12.5. The Labute approximate surface area is 303 Å². The molecule has 268 valence electrons. The number of sulfonamides is 1. The summed E-state index contributed by atoms with van der Waals surface area (Å²) in [6.45, 7) is 2.35. The molecule has 1 fully saturated rings. The van der Waals surface area contributed by atoms with Crippen molar-refractivity contribution in [2.24, 2.45) is 0 Å². The van der Waals surface area contributed by atoms with E-state index in [-0.39, 0.29) is 22.2 Å². The minimum absolute atomic E-state index is 0.136. The van der Waals surface area contributed by atoms with E-state index in [1.54, 1.807) is 43.1 Å². The molecule has 13 heteroatoms. The first-order valence-corrected chi connectivity index (χ1v) is 19.1. The van der Waals surface area contributed by atoms with Gasteiger partial charge in [-0.3, -0.25) is 14.9 Å². The molecule has 11 nitrogen and oxygen atoms in total. The highest BCUT2D eigenvalue weighted by molar-refractivity contribution is 7.99. The number of thioether (sulfide) groups is 1. The predicted octanol–water partition coefficient (Wildman–Crippen LogP) is 6.93. The number of carbonyl (C=O) groups excluding carboxylic acids is 1. The summed E-state index contributed by atoms with van der Waals surface area (Å²) in [4.78, 5) is 29.5. The maximum Gasteiger partial charge on any atom is 0.293 e. The van der Waals surface area contributed by atoms with E-state index < -0.39 is 26.5 Å². The number of nitro benzene ring substituents is 1. The third-order valence-electron chi connectivity index (χ3n) is 8.58. The Hall–Kier alpha value is -4.85. The van der Waals surface area contributed by atoms with E-state index in [2.05, 4.69) is 21.0 Å². The zero-order chi connectivity index (χ0) is 36.4. The molecule has 0 aromatic heterocycles. The van der Waals surface area contributed by atoms with E-state index in [1.807, 2.05) is 73.6 Å². The molecule has 4 aromatic rings. The molecule has 0 bridgehead atoms. The van der Waals surface area contributed by atoms with Gasteiger partial charge in [0.05, 0.1) is 16.9 Å². The molecule has 1 aliphatic heterocycles. The topological polar surface area (TPSA) is 134 Å². The molecule has 1 amide bonds. The number of nitro groups is 1. The van der Waals surface area contributed by atoms with Crippen LogP contribution in [-0.4, -0.2) is 76.8 Å². The largest absolute Gasteiger partial charge is 0.496 e. The zero-order valence-corrected chi connectivity index (χ0v) is 30.6. The second-order valence-corrected chi connectivity index (χ2v) is 15.3. The highest BCUT2D eigenvalue weighted by atomic mass is 32.2. The zero-order valence-electron chi connectivity index (χ0n) is 28.9. The van der Waals surface area contributed by atoms with Gasteiger partial charge in [-0.25, -0.2) is 13.1 Å².